The Morgan fingerprint density at radius 1 is 1.41 bits per heavy atom. The van der Waals surface area contributed by atoms with Crippen LogP contribution in [0.1, 0.15) is 40.5 Å². The van der Waals surface area contributed by atoms with Gasteiger partial charge in [-0.3, -0.25) is 4.99 Å². The highest BCUT2D eigenvalue weighted by Gasteiger charge is 2.20. The Bertz CT molecular complexity index is 244. The van der Waals surface area contributed by atoms with Crippen molar-refractivity contribution >= 4 is 16.9 Å². The van der Waals surface area contributed by atoms with Gasteiger partial charge in [-0.2, -0.15) is 0 Å². The Labute approximate surface area is 110 Å². The van der Waals surface area contributed by atoms with Crippen LogP contribution in [0.2, 0.25) is 0 Å². The van der Waals surface area contributed by atoms with E-state index in [0.29, 0.717) is 12.1 Å². The molecule has 1 N–H and O–H groups in total. The van der Waals surface area contributed by atoms with Crippen molar-refractivity contribution in [3.8, 4) is 0 Å². The highest BCUT2D eigenvalue weighted by Crippen LogP contribution is 2.19. The van der Waals surface area contributed by atoms with Crippen molar-refractivity contribution in [1.29, 1.82) is 0 Å². The molecule has 4 heteroatoms. The third-order valence-electron chi connectivity index (χ3n) is 2.95. The maximum atomic E-state index is 5.50. The maximum Gasteiger partial charge on any atom is 0.156 e. The van der Waals surface area contributed by atoms with E-state index in [1.165, 1.54) is 5.75 Å². The fourth-order valence-corrected chi connectivity index (χ4v) is 2.70. The lowest BCUT2D eigenvalue weighted by atomic mass is 10.1. The molecule has 1 heterocycles. The molecule has 1 saturated heterocycles. The van der Waals surface area contributed by atoms with E-state index in [1.54, 1.807) is 0 Å². The van der Waals surface area contributed by atoms with E-state index < -0.39 is 0 Å². The average molecular weight is 258 g/mol. The number of thioether (sulfide) groups is 1. The largest absolute Gasteiger partial charge is 0.379 e. The Kier molecular flexibility index (Phi) is 6.97. The number of hydrogen-bond donors (Lipinski definition) is 1. The van der Waals surface area contributed by atoms with E-state index in [2.05, 4.69) is 38.0 Å². The smallest absolute Gasteiger partial charge is 0.156 e. The summed E-state index contributed by atoms with van der Waals surface area (Å²) in [6, 6.07) is 0.555. The lowest BCUT2D eigenvalue weighted by Gasteiger charge is -2.28. The number of amidine groups is 1. The van der Waals surface area contributed by atoms with E-state index >= 15 is 0 Å². The summed E-state index contributed by atoms with van der Waals surface area (Å²) in [5.74, 6) is 1.92. The molecule has 100 valence electrons. The van der Waals surface area contributed by atoms with Gasteiger partial charge in [0.2, 0.25) is 0 Å². The maximum absolute atomic E-state index is 5.50. The minimum Gasteiger partial charge on any atom is -0.379 e. The first kappa shape index (κ1) is 14.8. The molecule has 2 unspecified atom stereocenters. The van der Waals surface area contributed by atoms with Gasteiger partial charge in [0.05, 0.1) is 6.10 Å². The van der Waals surface area contributed by atoms with Gasteiger partial charge in [-0.05, 0) is 39.5 Å². The summed E-state index contributed by atoms with van der Waals surface area (Å²) in [5, 5.41) is 4.58. The first-order valence-electron chi connectivity index (χ1n) is 6.65. The molecule has 0 spiro atoms. The van der Waals surface area contributed by atoms with Crippen LogP contribution in [-0.2, 0) is 4.74 Å². The molecule has 0 aromatic carbocycles. The molecule has 0 bridgehead atoms. The quantitative estimate of drug-likeness (QED) is 0.744. The Balaban J connectivity index is 2.08. The van der Waals surface area contributed by atoms with E-state index in [-0.39, 0.29) is 0 Å². The summed E-state index contributed by atoms with van der Waals surface area (Å²) in [6.07, 6.45) is 2.56. The van der Waals surface area contributed by atoms with Crippen LogP contribution in [0.25, 0.3) is 0 Å². The van der Waals surface area contributed by atoms with Crippen molar-refractivity contribution in [2.24, 2.45) is 10.9 Å². The zero-order valence-corrected chi connectivity index (χ0v) is 12.3. The van der Waals surface area contributed by atoms with E-state index in [0.717, 1.165) is 37.1 Å². The van der Waals surface area contributed by atoms with Crippen LogP contribution < -0.4 is 5.32 Å². The van der Waals surface area contributed by atoms with Gasteiger partial charge in [0.1, 0.15) is 0 Å². The third-order valence-corrected chi connectivity index (χ3v) is 4.16. The second kappa shape index (κ2) is 7.98. The fourth-order valence-electron chi connectivity index (χ4n) is 1.54. The molecule has 2 atom stereocenters. The topological polar surface area (TPSA) is 33.6 Å². The summed E-state index contributed by atoms with van der Waals surface area (Å²) in [5.41, 5.74) is 0. The van der Waals surface area contributed by atoms with Gasteiger partial charge in [0.15, 0.2) is 5.17 Å². The molecule has 1 rings (SSSR count). The minimum absolute atomic E-state index is 0.346. The van der Waals surface area contributed by atoms with Gasteiger partial charge < -0.3 is 10.1 Å². The molecule has 0 aromatic heterocycles. The van der Waals surface area contributed by atoms with Crippen molar-refractivity contribution in [3.63, 3.8) is 0 Å². The van der Waals surface area contributed by atoms with Gasteiger partial charge in [-0.15, -0.1) is 0 Å². The van der Waals surface area contributed by atoms with Crippen LogP contribution in [0.3, 0.4) is 0 Å². The number of hydrogen-bond acceptors (Lipinski definition) is 3. The molecule has 0 aliphatic carbocycles. The molecular formula is C13H26N2OS. The lowest BCUT2D eigenvalue weighted by Crippen LogP contribution is -2.41. The molecule has 1 aliphatic heterocycles. The summed E-state index contributed by atoms with van der Waals surface area (Å²) in [7, 11) is 0. The second-order valence-electron chi connectivity index (χ2n) is 5.03. The van der Waals surface area contributed by atoms with E-state index in [9.17, 15) is 0 Å². The molecular weight excluding hydrogens is 232 g/mol. The highest BCUT2D eigenvalue weighted by atomic mass is 32.2. The first-order chi connectivity index (χ1) is 8.09. The van der Waals surface area contributed by atoms with Crippen molar-refractivity contribution < 1.29 is 4.74 Å². The molecule has 0 radical (unpaired) electrons. The van der Waals surface area contributed by atoms with Crippen molar-refractivity contribution in [1.82, 2.24) is 5.32 Å². The summed E-state index contributed by atoms with van der Waals surface area (Å²) >= 11 is 1.85. The minimum atomic E-state index is 0.346. The van der Waals surface area contributed by atoms with E-state index in [4.69, 9.17) is 4.74 Å². The number of aliphatic imine (C=N–C) groups is 1. The van der Waals surface area contributed by atoms with Crippen LogP contribution in [0.15, 0.2) is 4.99 Å². The second-order valence-corrected chi connectivity index (χ2v) is 6.04. The van der Waals surface area contributed by atoms with Crippen LogP contribution in [0.5, 0.6) is 0 Å². The zero-order chi connectivity index (χ0) is 12.7. The molecule has 17 heavy (non-hydrogen) atoms. The van der Waals surface area contributed by atoms with Gasteiger partial charge in [-0.25, -0.2) is 0 Å². The third kappa shape index (κ3) is 6.32. The SMILES string of the molecule is CC(C)OCCCCN=C1NC(C)C(C)CS1. The molecule has 1 fully saturated rings. The predicted molar refractivity (Wildman–Crippen MR) is 76.8 cm³/mol. The average Bonchev–Trinajstić information content (AvgIpc) is 2.27. The lowest BCUT2D eigenvalue weighted by molar-refractivity contribution is 0.0764. The molecule has 0 aromatic rings. The van der Waals surface area contributed by atoms with Crippen LogP contribution in [-0.4, -0.2) is 36.2 Å². The highest BCUT2D eigenvalue weighted by molar-refractivity contribution is 8.13. The van der Waals surface area contributed by atoms with Crippen LogP contribution in [0, 0.1) is 5.92 Å². The first-order valence-corrected chi connectivity index (χ1v) is 7.63. The normalized spacial score (nSPS) is 27.5. The van der Waals surface area contributed by atoms with Crippen LogP contribution >= 0.6 is 11.8 Å². The van der Waals surface area contributed by atoms with Gasteiger partial charge in [0.25, 0.3) is 0 Å². The monoisotopic (exact) mass is 258 g/mol. The van der Waals surface area contributed by atoms with E-state index in [1.807, 2.05) is 11.8 Å². The number of nitrogens with one attached hydrogen (secondary N) is 1. The summed E-state index contributed by atoms with van der Waals surface area (Å²) in [6.45, 7) is 10.4. The number of nitrogens with zero attached hydrogens (tertiary/aromatic N) is 1. The fraction of sp³-hybridized carbons (Fsp3) is 0.923. The Hall–Kier alpha value is -0.220. The summed E-state index contributed by atoms with van der Waals surface area (Å²) in [4.78, 5) is 4.60. The van der Waals surface area contributed by atoms with Gasteiger partial charge in [-0.1, -0.05) is 18.7 Å². The number of rotatable bonds is 6. The van der Waals surface area contributed by atoms with Gasteiger partial charge >= 0.3 is 0 Å². The number of ether oxygens (including phenoxy) is 1. The molecule has 3 nitrogen and oxygen atoms in total. The van der Waals surface area contributed by atoms with Crippen LogP contribution in [0.4, 0.5) is 0 Å². The Morgan fingerprint density at radius 3 is 2.82 bits per heavy atom. The summed E-state index contributed by atoms with van der Waals surface area (Å²) < 4.78 is 5.50. The van der Waals surface area contributed by atoms with Crippen molar-refractivity contribution in [2.75, 3.05) is 18.9 Å². The Morgan fingerprint density at radius 2 is 2.18 bits per heavy atom. The number of unbranched alkanes of at least 4 members (excludes halogenated alkanes) is 1. The molecule has 0 amide bonds. The standard InChI is InChI=1S/C13H26N2OS/c1-10(2)16-8-6-5-7-14-13-15-12(4)11(3)9-17-13/h10-12H,5-9H2,1-4H3,(H,14,15). The zero-order valence-electron chi connectivity index (χ0n) is 11.5. The van der Waals surface area contributed by atoms with Gasteiger partial charge in [0, 0.05) is 24.9 Å². The van der Waals surface area contributed by atoms with Crippen molar-refractivity contribution in [3.05, 3.63) is 0 Å². The van der Waals surface area contributed by atoms with Crippen molar-refractivity contribution in [2.45, 2.75) is 52.7 Å². The predicted octanol–water partition coefficient (Wildman–Crippen LogP) is 2.91. The molecule has 1 aliphatic rings. The molecule has 0 saturated carbocycles.